The molecule has 0 aliphatic carbocycles. The molecule has 1 nitrogen and oxygen atoms in total. The van der Waals surface area contributed by atoms with E-state index in [1.807, 2.05) is 0 Å². The molecule has 0 saturated carbocycles. The van der Waals surface area contributed by atoms with E-state index < -0.39 is 11.2 Å². The Labute approximate surface area is 98.2 Å². The van der Waals surface area contributed by atoms with Crippen molar-refractivity contribution < 1.29 is 11.7 Å². The quantitative estimate of drug-likeness (QED) is 0.710. The number of unbranched alkanes of at least 4 members (excludes halogenated alkanes) is 1. The Morgan fingerprint density at radius 1 is 1.38 bits per heavy atom. The summed E-state index contributed by atoms with van der Waals surface area (Å²) in [5.41, 5.74) is 1.46. The minimum Gasteiger partial charge on any atom is -0.373 e. The summed E-state index contributed by atoms with van der Waals surface area (Å²) in [6, 6.07) is 0. The Kier molecular flexibility index (Phi) is 7.38. The van der Waals surface area contributed by atoms with Gasteiger partial charge in [-0.05, 0) is 25.6 Å². The smallest absolute Gasteiger partial charge is 0.206 e. The highest BCUT2D eigenvalue weighted by molar-refractivity contribution is 8.20. The molecule has 1 heterocycles. The van der Waals surface area contributed by atoms with Gasteiger partial charge in [0.2, 0.25) is 11.2 Å². The van der Waals surface area contributed by atoms with Crippen LogP contribution in [-0.2, 0) is 0 Å². The summed E-state index contributed by atoms with van der Waals surface area (Å²) >= 11 is -4.67. The van der Waals surface area contributed by atoms with Gasteiger partial charge in [-0.1, -0.05) is 25.0 Å². The van der Waals surface area contributed by atoms with Gasteiger partial charge in [0.1, 0.15) is 0 Å². The Bertz CT molecular complexity index is 240. The summed E-state index contributed by atoms with van der Waals surface area (Å²) in [6.07, 6.45) is 9.36. The van der Waals surface area contributed by atoms with Crippen LogP contribution < -0.4 is 0 Å². The van der Waals surface area contributed by atoms with Gasteiger partial charge in [-0.15, -0.1) is 11.7 Å². The second-order valence-corrected chi connectivity index (χ2v) is 5.09. The van der Waals surface area contributed by atoms with Crippen molar-refractivity contribution in [3.05, 3.63) is 23.9 Å². The van der Waals surface area contributed by atoms with Gasteiger partial charge in [-0.3, -0.25) is 0 Å². The van der Waals surface area contributed by atoms with Crippen LogP contribution in [0.4, 0.5) is 11.7 Å². The van der Waals surface area contributed by atoms with E-state index in [4.69, 9.17) is 0 Å². The largest absolute Gasteiger partial charge is 0.373 e. The van der Waals surface area contributed by atoms with Crippen LogP contribution in [0, 0.1) is 0 Å². The molecule has 96 valence electrons. The summed E-state index contributed by atoms with van der Waals surface area (Å²) in [5, 5.41) is 0. The molecule has 5 heteroatoms. The lowest BCUT2D eigenvalue weighted by molar-refractivity contribution is 0.392. The lowest BCUT2D eigenvalue weighted by Crippen LogP contribution is -2.22. The van der Waals surface area contributed by atoms with Crippen molar-refractivity contribution in [2.45, 2.75) is 26.7 Å². The number of hydrogen-bond acceptors (Lipinski definition) is 1. The summed E-state index contributed by atoms with van der Waals surface area (Å²) in [5.74, 6) is 0. The monoisotopic (exact) mass is 255 g/mol. The van der Waals surface area contributed by atoms with E-state index in [-0.39, 0.29) is 6.26 Å². The first-order chi connectivity index (χ1) is 7.33. The second kappa shape index (κ2) is 7.65. The zero-order valence-electron chi connectivity index (χ0n) is 10.0. The Morgan fingerprint density at radius 2 is 1.94 bits per heavy atom. The van der Waals surface area contributed by atoms with E-state index in [1.54, 1.807) is 0 Å². The lowest BCUT2D eigenvalue weighted by atomic mass is 10.2. The summed E-state index contributed by atoms with van der Waals surface area (Å²) in [6.45, 7) is 6.74. The average molecular weight is 255 g/mol. The summed E-state index contributed by atoms with van der Waals surface area (Å²) in [7, 11) is 0. The van der Waals surface area contributed by atoms with Crippen molar-refractivity contribution in [2.75, 3.05) is 19.3 Å². The zero-order valence-corrected chi connectivity index (χ0v) is 10.9. The first kappa shape index (κ1) is 15.4. The molecule has 1 aliphatic rings. The molecule has 0 atom stereocenters. The fourth-order valence-corrected chi connectivity index (χ4v) is 1.27. The van der Waals surface area contributed by atoms with Crippen LogP contribution in [0.5, 0.6) is 0 Å². The van der Waals surface area contributed by atoms with Gasteiger partial charge in [0.05, 0.1) is 0 Å². The number of allylic oxidation sites excluding steroid dienone is 2. The molecule has 0 N–H and O–H groups in total. The van der Waals surface area contributed by atoms with Gasteiger partial charge in [0, 0.05) is 19.3 Å². The third-order valence-corrected chi connectivity index (χ3v) is 1.93. The molecule has 16 heavy (non-hydrogen) atoms. The maximum Gasteiger partial charge on any atom is 0.206 e. The van der Waals surface area contributed by atoms with E-state index >= 15 is 0 Å². The van der Waals surface area contributed by atoms with Crippen LogP contribution in [0.25, 0.3) is 0 Å². The highest BCUT2D eigenvalue weighted by atomic mass is 32.3. The van der Waals surface area contributed by atoms with Gasteiger partial charge in [-0.2, -0.15) is 0 Å². The summed E-state index contributed by atoms with van der Waals surface area (Å²) in [4.78, 5) is 2.37. The van der Waals surface area contributed by atoms with Gasteiger partial charge in [-0.25, -0.2) is 0 Å². The van der Waals surface area contributed by atoms with Crippen LogP contribution >= 0.6 is 11.2 Å². The predicted octanol–water partition coefficient (Wildman–Crippen LogP) is 4.64. The molecule has 0 aromatic rings. The molecule has 0 fully saturated rings. The van der Waals surface area contributed by atoms with Crippen molar-refractivity contribution in [3.8, 4) is 0 Å². The molecule has 0 amide bonds. The average Bonchev–Trinajstić information content (AvgIpc) is 2.12. The highest BCUT2D eigenvalue weighted by Gasteiger charge is 2.07. The van der Waals surface area contributed by atoms with Crippen LogP contribution in [-0.4, -0.2) is 24.2 Å². The molecule has 0 saturated heterocycles. The Hall–Kier alpha value is -0.580. The molecule has 0 unspecified atom stereocenters. The number of nitrogens with zero attached hydrogens (tertiary/aromatic N) is 1. The highest BCUT2D eigenvalue weighted by Crippen LogP contribution is 2.48. The van der Waals surface area contributed by atoms with Gasteiger partial charge in [0.25, 0.3) is 0 Å². The standard InChI is InChI=1S/C10H17N.CH3F3S/c1-3-4-7-11-8-5-6-10(2)9-11;1-5(2,3)4/h5-6,8H,3-4,7,9H2,1-2H3;1H3. The molecule has 0 radical (unpaired) electrons. The van der Waals surface area contributed by atoms with E-state index in [1.165, 1.54) is 25.0 Å². The first-order valence-electron chi connectivity index (χ1n) is 5.28. The molecular weight excluding hydrogens is 235 g/mol. The second-order valence-electron chi connectivity index (χ2n) is 3.82. The Balaban J connectivity index is 0.000000385. The van der Waals surface area contributed by atoms with Crippen molar-refractivity contribution >= 4 is 11.2 Å². The van der Waals surface area contributed by atoms with Crippen molar-refractivity contribution in [2.24, 2.45) is 0 Å². The molecule has 0 spiro atoms. The van der Waals surface area contributed by atoms with Gasteiger partial charge in [0.15, 0.2) is 0 Å². The van der Waals surface area contributed by atoms with E-state index in [9.17, 15) is 11.7 Å². The van der Waals surface area contributed by atoms with Crippen LogP contribution in [0.15, 0.2) is 23.9 Å². The normalized spacial score (nSPS) is 16.4. The van der Waals surface area contributed by atoms with Crippen LogP contribution in [0.2, 0.25) is 0 Å². The van der Waals surface area contributed by atoms with E-state index in [2.05, 4.69) is 37.1 Å². The lowest BCUT2D eigenvalue weighted by Gasteiger charge is -2.22. The number of halogens is 3. The Morgan fingerprint density at radius 3 is 2.38 bits per heavy atom. The SMILES string of the molecule is CCCCN1C=CC=C(C)C1.CS(F)(F)F. The zero-order chi connectivity index (χ0) is 12.6. The topological polar surface area (TPSA) is 3.24 Å². The fourth-order valence-electron chi connectivity index (χ4n) is 1.27. The third-order valence-electron chi connectivity index (χ3n) is 1.93. The summed E-state index contributed by atoms with van der Waals surface area (Å²) < 4.78 is 31.3. The molecule has 0 aromatic carbocycles. The van der Waals surface area contributed by atoms with Crippen molar-refractivity contribution in [3.63, 3.8) is 0 Å². The predicted molar refractivity (Wildman–Crippen MR) is 66.2 cm³/mol. The molecule has 1 rings (SSSR count). The van der Waals surface area contributed by atoms with Gasteiger partial charge < -0.3 is 4.90 Å². The minimum atomic E-state index is -4.67. The fraction of sp³-hybridized carbons (Fsp3) is 0.636. The maximum absolute atomic E-state index is 10.4. The minimum absolute atomic E-state index is 0.271. The van der Waals surface area contributed by atoms with Crippen LogP contribution in [0.1, 0.15) is 26.7 Å². The van der Waals surface area contributed by atoms with E-state index in [0.717, 1.165) is 6.54 Å². The molecular formula is C11H20F3NS. The molecule has 0 aromatic heterocycles. The van der Waals surface area contributed by atoms with Crippen molar-refractivity contribution in [1.29, 1.82) is 0 Å². The third kappa shape index (κ3) is 11.5. The van der Waals surface area contributed by atoms with Gasteiger partial charge >= 0.3 is 0 Å². The number of rotatable bonds is 3. The first-order valence-corrected chi connectivity index (χ1v) is 7.02. The van der Waals surface area contributed by atoms with Crippen LogP contribution in [0.3, 0.4) is 0 Å². The molecule has 0 bridgehead atoms. The van der Waals surface area contributed by atoms with Crippen molar-refractivity contribution in [1.82, 2.24) is 4.90 Å². The number of hydrogen-bond donors (Lipinski definition) is 0. The molecule has 1 aliphatic heterocycles. The van der Waals surface area contributed by atoms with E-state index in [0.29, 0.717) is 0 Å². The maximum atomic E-state index is 10.4.